The summed E-state index contributed by atoms with van der Waals surface area (Å²) in [5, 5.41) is 8.36. The lowest BCUT2D eigenvalue weighted by Gasteiger charge is -2.05. The maximum absolute atomic E-state index is 8.36. The number of aliphatic hydroxyl groups excluding tert-OH is 1. The molecule has 5 nitrogen and oxygen atoms in total. The Morgan fingerprint density at radius 1 is 0.846 bits per heavy atom. The van der Waals surface area contributed by atoms with E-state index in [1.807, 2.05) is 0 Å². The first-order valence-corrected chi connectivity index (χ1v) is 4.25. The van der Waals surface area contributed by atoms with Gasteiger partial charge in [0.2, 0.25) is 0 Å². The van der Waals surface area contributed by atoms with Crippen molar-refractivity contribution in [1.82, 2.24) is 0 Å². The number of hydrogen-bond acceptors (Lipinski definition) is 5. The number of methoxy groups -OCH3 is 1. The van der Waals surface area contributed by atoms with E-state index in [0.29, 0.717) is 33.0 Å². The van der Waals surface area contributed by atoms with E-state index in [0.717, 1.165) is 0 Å². The molecule has 0 saturated heterocycles. The quantitative estimate of drug-likeness (QED) is 0.380. The van der Waals surface area contributed by atoms with Gasteiger partial charge in [0.05, 0.1) is 39.6 Å². The zero-order valence-electron chi connectivity index (χ0n) is 8.03. The highest BCUT2D eigenvalue weighted by Crippen LogP contribution is 1.81. The molecule has 0 amide bonds. The molecule has 80 valence electrons. The van der Waals surface area contributed by atoms with E-state index in [1.54, 1.807) is 7.11 Å². The number of ether oxygens (including phenoxy) is 4. The molecule has 0 rings (SSSR count). The van der Waals surface area contributed by atoms with Gasteiger partial charge in [-0.2, -0.15) is 0 Å². The van der Waals surface area contributed by atoms with E-state index in [-0.39, 0.29) is 13.4 Å². The lowest BCUT2D eigenvalue weighted by atomic mass is 10.7. The predicted molar refractivity (Wildman–Crippen MR) is 46.6 cm³/mol. The summed E-state index contributed by atoms with van der Waals surface area (Å²) in [5.41, 5.74) is 0. The van der Waals surface area contributed by atoms with Gasteiger partial charge in [0.25, 0.3) is 0 Å². The Kier molecular flexibility index (Phi) is 11.6. The second-order valence-corrected chi connectivity index (χ2v) is 2.26. The minimum absolute atomic E-state index is 0.0460. The number of hydrogen-bond donors (Lipinski definition) is 1. The maximum atomic E-state index is 8.36. The van der Waals surface area contributed by atoms with Crippen LogP contribution in [0.25, 0.3) is 0 Å². The first-order chi connectivity index (χ1) is 6.41. The molecular weight excluding hydrogens is 176 g/mol. The molecule has 0 aliphatic heterocycles. The highest BCUT2D eigenvalue weighted by Gasteiger charge is 1.89. The van der Waals surface area contributed by atoms with Crippen LogP contribution in [0.4, 0.5) is 0 Å². The van der Waals surface area contributed by atoms with E-state index >= 15 is 0 Å². The zero-order chi connectivity index (χ0) is 9.78. The summed E-state index contributed by atoms with van der Waals surface area (Å²) in [4.78, 5) is 0. The Bertz CT molecular complexity index is 78.6. The molecule has 0 aliphatic rings. The standard InChI is InChI=1S/C8H18O5/c1-10-4-5-12-8-13-7-6-11-3-2-9/h9H,2-8H2,1H3. The van der Waals surface area contributed by atoms with Crippen molar-refractivity contribution in [2.24, 2.45) is 0 Å². The van der Waals surface area contributed by atoms with E-state index < -0.39 is 0 Å². The summed E-state index contributed by atoms with van der Waals surface area (Å²) in [6.45, 7) is 2.73. The molecule has 0 fully saturated rings. The van der Waals surface area contributed by atoms with Gasteiger partial charge in [-0.1, -0.05) is 0 Å². The molecule has 0 aromatic carbocycles. The molecular formula is C8H18O5. The Labute approximate surface area is 78.5 Å². The fourth-order valence-electron chi connectivity index (χ4n) is 0.603. The zero-order valence-corrected chi connectivity index (χ0v) is 8.03. The van der Waals surface area contributed by atoms with Gasteiger partial charge in [-0.05, 0) is 0 Å². The molecule has 0 aromatic rings. The fourth-order valence-corrected chi connectivity index (χ4v) is 0.603. The largest absolute Gasteiger partial charge is 0.394 e. The van der Waals surface area contributed by atoms with Crippen LogP contribution in [0, 0.1) is 0 Å². The summed E-state index contributed by atoms with van der Waals surface area (Å²) < 4.78 is 19.8. The van der Waals surface area contributed by atoms with Crippen molar-refractivity contribution in [2.75, 3.05) is 53.5 Å². The first kappa shape index (κ1) is 12.8. The normalized spacial score (nSPS) is 10.6. The fraction of sp³-hybridized carbons (Fsp3) is 1.00. The average Bonchev–Trinajstić information content (AvgIpc) is 2.16. The van der Waals surface area contributed by atoms with Crippen molar-refractivity contribution >= 4 is 0 Å². The van der Waals surface area contributed by atoms with Crippen LogP contribution in [0.5, 0.6) is 0 Å². The van der Waals surface area contributed by atoms with Crippen LogP contribution in [0.15, 0.2) is 0 Å². The highest BCUT2D eigenvalue weighted by molar-refractivity contribution is 4.28. The van der Waals surface area contributed by atoms with Crippen molar-refractivity contribution in [3.8, 4) is 0 Å². The molecule has 0 atom stereocenters. The third kappa shape index (κ3) is 11.8. The van der Waals surface area contributed by atoms with Gasteiger partial charge in [-0.25, -0.2) is 0 Å². The average molecular weight is 194 g/mol. The summed E-state index contributed by atoms with van der Waals surface area (Å²) >= 11 is 0. The third-order valence-corrected chi connectivity index (χ3v) is 1.21. The van der Waals surface area contributed by atoms with Crippen molar-refractivity contribution in [3.05, 3.63) is 0 Å². The third-order valence-electron chi connectivity index (χ3n) is 1.21. The molecule has 0 radical (unpaired) electrons. The molecule has 0 aromatic heterocycles. The molecule has 0 saturated carbocycles. The SMILES string of the molecule is COCCOCOCCOCCO. The Balaban J connectivity index is 2.76. The summed E-state index contributed by atoms with van der Waals surface area (Å²) in [6.07, 6.45) is 0. The van der Waals surface area contributed by atoms with Gasteiger partial charge in [-0.3, -0.25) is 0 Å². The minimum Gasteiger partial charge on any atom is -0.394 e. The van der Waals surface area contributed by atoms with Gasteiger partial charge in [-0.15, -0.1) is 0 Å². The van der Waals surface area contributed by atoms with Crippen LogP contribution in [0.1, 0.15) is 0 Å². The van der Waals surface area contributed by atoms with Crippen LogP contribution in [-0.4, -0.2) is 58.7 Å². The monoisotopic (exact) mass is 194 g/mol. The molecule has 1 N–H and O–H groups in total. The molecule has 13 heavy (non-hydrogen) atoms. The van der Waals surface area contributed by atoms with Gasteiger partial charge < -0.3 is 24.1 Å². The van der Waals surface area contributed by atoms with Crippen molar-refractivity contribution in [1.29, 1.82) is 0 Å². The van der Waals surface area contributed by atoms with Crippen LogP contribution in [-0.2, 0) is 18.9 Å². The summed E-state index contributed by atoms with van der Waals surface area (Å²) in [5.74, 6) is 0. The van der Waals surface area contributed by atoms with Crippen LogP contribution in [0.2, 0.25) is 0 Å². The maximum Gasteiger partial charge on any atom is 0.146 e. The number of aliphatic hydroxyl groups is 1. The van der Waals surface area contributed by atoms with Gasteiger partial charge in [0.1, 0.15) is 6.79 Å². The van der Waals surface area contributed by atoms with Crippen molar-refractivity contribution < 1.29 is 24.1 Å². The van der Waals surface area contributed by atoms with Crippen LogP contribution >= 0.6 is 0 Å². The van der Waals surface area contributed by atoms with E-state index in [1.165, 1.54) is 0 Å². The molecule has 5 heteroatoms. The molecule has 0 spiro atoms. The molecule has 0 heterocycles. The predicted octanol–water partition coefficient (Wildman–Crippen LogP) is -0.368. The summed E-state index contributed by atoms with van der Waals surface area (Å²) in [6, 6.07) is 0. The van der Waals surface area contributed by atoms with Crippen LogP contribution in [0.3, 0.4) is 0 Å². The minimum atomic E-state index is 0.0460. The van der Waals surface area contributed by atoms with Crippen molar-refractivity contribution in [2.45, 2.75) is 0 Å². The van der Waals surface area contributed by atoms with Gasteiger partial charge in [0.15, 0.2) is 0 Å². The highest BCUT2D eigenvalue weighted by atomic mass is 16.7. The molecule has 0 bridgehead atoms. The Morgan fingerprint density at radius 3 is 2.08 bits per heavy atom. The molecule has 0 unspecified atom stereocenters. The second-order valence-electron chi connectivity index (χ2n) is 2.26. The van der Waals surface area contributed by atoms with E-state index in [2.05, 4.69) is 0 Å². The second kappa shape index (κ2) is 11.8. The van der Waals surface area contributed by atoms with Crippen LogP contribution < -0.4 is 0 Å². The lowest BCUT2D eigenvalue weighted by molar-refractivity contribution is -0.0797. The Morgan fingerprint density at radius 2 is 1.46 bits per heavy atom. The summed E-state index contributed by atoms with van der Waals surface area (Å²) in [7, 11) is 1.62. The smallest absolute Gasteiger partial charge is 0.146 e. The topological polar surface area (TPSA) is 57.2 Å². The molecule has 0 aliphatic carbocycles. The number of rotatable bonds is 10. The van der Waals surface area contributed by atoms with E-state index in [4.69, 9.17) is 24.1 Å². The van der Waals surface area contributed by atoms with E-state index in [9.17, 15) is 0 Å². The first-order valence-electron chi connectivity index (χ1n) is 4.25. The Hall–Kier alpha value is -0.200. The lowest BCUT2D eigenvalue weighted by Crippen LogP contribution is -2.10. The van der Waals surface area contributed by atoms with Gasteiger partial charge >= 0.3 is 0 Å². The van der Waals surface area contributed by atoms with Gasteiger partial charge in [0, 0.05) is 7.11 Å². The van der Waals surface area contributed by atoms with Crippen molar-refractivity contribution in [3.63, 3.8) is 0 Å².